The van der Waals surface area contributed by atoms with Crippen molar-refractivity contribution in [1.29, 1.82) is 0 Å². The molecule has 7 nitrogen and oxygen atoms in total. The third-order valence-corrected chi connectivity index (χ3v) is 4.91. The lowest BCUT2D eigenvalue weighted by atomic mass is 9.96. The highest BCUT2D eigenvalue weighted by atomic mass is 32.1. The number of H-pyrrole nitrogens is 1. The molecule has 22 heavy (non-hydrogen) atoms. The van der Waals surface area contributed by atoms with Crippen molar-refractivity contribution in [3.63, 3.8) is 0 Å². The largest absolute Gasteiger partial charge is 0.350 e. The van der Waals surface area contributed by atoms with E-state index >= 15 is 0 Å². The molecule has 0 aromatic carbocycles. The van der Waals surface area contributed by atoms with Crippen molar-refractivity contribution in [2.45, 2.75) is 32.1 Å². The van der Waals surface area contributed by atoms with E-state index in [1.165, 1.54) is 6.42 Å². The fourth-order valence-corrected chi connectivity index (χ4v) is 3.73. The van der Waals surface area contributed by atoms with Gasteiger partial charge in [-0.1, -0.05) is 0 Å². The molecule has 0 saturated carbocycles. The van der Waals surface area contributed by atoms with Crippen molar-refractivity contribution in [3.8, 4) is 0 Å². The number of aromatic amines is 1. The van der Waals surface area contributed by atoms with Gasteiger partial charge in [-0.05, 0) is 25.7 Å². The van der Waals surface area contributed by atoms with E-state index < -0.39 is 0 Å². The third-order valence-electron chi connectivity index (χ3n) is 4.03. The summed E-state index contributed by atoms with van der Waals surface area (Å²) in [5.41, 5.74) is 3.84. The van der Waals surface area contributed by atoms with Crippen molar-refractivity contribution in [2.75, 3.05) is 6.54 Å². The van der Waals surface area contributed by atoms with E-state index in [-0.39, 0.29) is 5.91 Å². The molecule has 0 bridgehead atoms. The van der Waals surface area contributed by atoms with E-state index in [4.69, 9.17) is 0 Å². The summed E-state index contributed by atoms with van der Waals surface area (Å²) in [7, 11) is 0. The number of thiazole rings is 1. The zero-order valence-corrected chi connectivity index (χ0v) is 12.8. The second-order valence-corrected chi connectivity index (χ2v) is 6.26. The van der Waals surface area contributed by atoms with Crippen molar-refractivity contribution < 1.29 is 4.79 Å². The van der Waals surface area contributed by atoms with E-state index in [0.29, 0.717) is 12.2 Å². The predicted octanol–water partition coefficient (Wildman–Crippen LogP) is 1.37. The molecule has 3 heterocycles. The number of amides is 1. The Balaban J connectivity index is 1.40. The van der Waals surface area contributed by atoms with E-state index in [0.717, 1.165) is 47.6 Å². The van der Waals surface area contributed by atoms with Gasteiger partial charge in [0.25, 0.3) is 5.91 Å². The van der Waals surface area contributed by atoms with Gasteiger partial charge in [-0.15, -0.1) is 11.3 Å². The maximum Gasteiger partial charge on any atom is 0.272 e. The average Bonchev–Trinajstić information content (AvgIpc) is 3.23. The second-order valence-electron chi connectivity index (χ2n) is 5.42. The first-order valence-corrected chi connectivity index (χ1v) is 8.31. The molecular formula is C14H16N6OS. The molecule has 0 aliphatic heterocycles. The SMILES string of the molecule is O=C(NCCc1csc2ncnn12)c1n[nH]c2c1CCCC2. The number of aromatic nitrogens is 5. The lowest BCUT2D eigenvalue weighted by molar-refractivity contribution is 0.0948. The first-order chi connectivity index (χ1) is 10.8. The highest BCUT2D eigenvalue weighted by molar-refractivity contribution is 7.15. The Labute approximate surface area is 130 Å². The Hall–Kier alpha value is -2.22. The predicted molar refractivity (Wildman–Crippen MR) is 82.1 cm³/mol. The number of aryl methyl sites for hydroxylation is 1. The number of nitrogens with one attached hydrogen (secondary N) is 2. The van der Waals surface area contributed by atoms with E-state index in [2.05, 4.69) is 25.6 Å². The molecule has 2 N–H and O–H groups in total. The fraction of sp³-hybridized carbons (Fsp3) is 0.429. The highest BCUT2D eigenvalue weighted by Gasteiger charge is 2.21. The van der Waals surface area contributed by atoms with Crippen LogP contribution in [0.4, 0.5) is 0 Å². The summed E-state index contributed by atoms with van der Waals surface area (Å²) < 4.78 is 1.81. The van der Waals surface area contributed by atoms with Crippen LogP contribution in [0.15, 0.2) is 11.7 Å². The molecule has 3 aromatic heterocycles. The van der Waals surface area contributed by atoms with Gasteiger partial charge >= 0.3 is 0 Å². The zero-order valence-electron chi connectivity index (χ0n) is 12.0. The lowest BCUT2D eigenvalue weighted by Gasteiger charge is -2.11. The smallest absolute Gasteiger partial charge is 0.272 e. The Kier molecular flexibility index (Phi) is 3.38. The van der Waals surface area contributed by atoms with Crippen LogP contribution in [0, 0.1) is 0 Å². The lowest BCUT2D eigenvalue weighted by Crippen LogP contribution is -2.27. The molecular weight excluding hydrogens is 300 g/mol. The zero-order chi connectivity index (χ0) is 14.9. The van der Waals surface area contributed by atoms with Crippen LogP contribution in [-0.2, 0) is 19.3 Å². The summed E-state index contributed by atoms with van der Waals surface area (Å²) in [6.45, 7) is 0.562. The number of rotatable bonds is 4. The van der Waals surface area contributed by atoms with Crippen molar-refractivity contribution in [3.05, 3.63) is 34.4 Å². The molecule has 0 spiro atoms. The molecule has 1 aliphatic carbocycles. The van der Waals surface area contributed by atoms with Gasteiger partial charge < -0.3 is 5.32 Å². The third kappa shape index (κ3) is 2.29. The van der Waals surface area contributed by atoms with Gasteiger partial charge in [0, 0.05) is 29.6 Å². The van der Waals surface area contributed by atoms with Crippen LogP contribution in [-0.4, -0.2) is 37.2 Å². The van der Waals surface area contributed by atoms with Crippen LogP contribution in [0.2, 0.25) is 0 Å². The van der Waals surface area contributed by atoms with E-state index in [1.54, 1.807) is 17.7 Å². The summed E-state index contributed by atoms with van der Waals surface area (Å²) in [4.78, 5) is 17.3. The van der Waals surface area contributed by atoms with Crippen LogP contribution in [0.1, 0.15) is 40.3 Å². The van der Waals surface area contributed by atoms with Crippen LogP contribution < -0.4 is 5.32 Å². The molecule has 0 radical (unpaired) electrons. The van der Waals surface area contributed by atoms with Gasteiger partial charge in [0.05, 0.1) is 5.69 Å². The number of hydrogen-bond acceptors (Lipinski definition) is 5. The molecule has 0 fully saturated rings. The van der Waals surface area contributed by atoms with Gasteiger partial charge in [-0.2, -0.15) is 10.2 Å². The summed E-state index contributed by atoms with van der Waals surface area (Å²) >= 11 is 1.56. The molecule has 1 amide bonds. The van der Waals surface area contributed by atoms with Crippen LogP contribution in [0.25, 0.3) is 4.96 Å². The fourth-order valence-electron chi connectivity index (χ4n) is 2.90. The first kappa shape index (κ1) is 13.4. The van der Waals surface area contributed by atoms with Crippen molar-refractivity contribution >= 4 is 22.2 Å². The van der Waals surface area contributed by atoms with Crippen molar-refractivity contribution in [1.82, 2.24) is 30.1 Å². The molecule has 0 saturated heterocycles. The van der Waals surface area contributed by atoms with Gasteiger partial charge in [0.2, 0.25) is 4.96 Å². The maximum absolute atomic E-state index is 12.3. The van der Waals surface area contributed by atoms with Crippen LogP contribution >= 0.6 is 11.3 Å². The minimum absolute atomic E-state index is 0.0931. The van der Waals surface area contributed by atoms with E-state index in [9.17, 15) is 4.79 Å². The Morgan fingerprint density at radius 2 is 2.32 bits per heavy atom. The van der Waals surface area contributed by atoms with E-state index in [1.807, 2.05) is 9.90 Å². The van der Waals surface area contributed by atoms with Gasteiger partial charge in [0.1, 0.15) is 6.33 Å². The molecule has 114 valence electrons. The van der Waals surface area contributed by atoms with Gasteiger partial charge in [-0.25, -0.2) is 9.50 Å². The minimum atomic E-state index is -0.0931. The molecule has 3 aromatic rings. The highest BCUT2D eigenvalue weighted by Crippen LogP contribution is 2.22. The Morgan fingerprint density at radius 3 is 3.27 bits per heavy atom. The summed E-state index contributed by atoms with van der Waals surface area (Å²) in [6, 6.07) is 0. The topological polar surface area (TPSA) is 88.0 Å². The Bertz CT molecular complexity index is 816. The normalized spacial score (nSPS) is 14.2. The number of fused-ring (bicyclic) bond motifs is 2. The monoisotopic (exact) mass is 316 g/mol. The van der Waals surface area contributed by atoms with Gasteiger partial charge in [-0.3, -0.25) is 9.89 Å². The number of nitrogens with zero attached hydrogens (tertiary/aromatic N) is 4. The molecule has 0 unspecified atom stereocenters. The molecule has 8 heteroatoms. The summed E-state index contributed by atoms with van der Waals surface area (Å²) in [5, 5.41) is 16.3. The quantitative estimate of drug-likeness (QED) is 0.761. The molecule has 1 aliphatic rings. The number of hydrogen-bond donors (Lipinski definition) is 2. The molecule has 4 rings (SSSR count). The number of carbonyl (C=O) groups is 1. The number of carbonyl (C=O) groups excluding carboxylic acids is 1. The van der Waals surface area contributed by atoms with Crippen LogP contribution in [0.5, 0.6) is 0 Å². The van der Waals surface area contributed by atoms with Crippen LogP contribution in [0.3, 0.4) is 0 Å². The maximum atomic E-state index is 12.3. The summed E-state index contributed by atoms with van der Waals surface area (Å²) in [5.74, 6) is -0.0931. The second kappa shape index (κ2) is 5.53. The average molecular weight is 316 g/mol. The van der Waals surface area contributed by atoms with Crippen molar-refractivity contribution in [2.24, 2.45) is 0 Å². The Morgan fingerprint density at radius 1 is 1.41 bits per heavy atom. The van der Waals surface area contributed by atoms with Gasteiger partial charge in [0.15, 0.2) is 5.69 Å². The molecule has 0 atom stereocenters. The minimum Gasteiger partial charge on any atom is -0.350 e. The first-order valence-electron chi connectivity index (χ1n) is 7.43. The summed E-state index contributed by atoms with van der Waals surface area (Å²) in [6.07, 6.45) is 6.51. The standard InChI is InChI=1S/C14H16N6OS/c21-13(12-10-3-1-2-4-11(10)18-19-12)15-6-5-9-7-22-14-16-8-17-20(9)14/h7-8H,1-6H2,(H,15,21)(H,18,19).